The van der Waals surface area contributed by atoms with E-state index in [4.69, 9.17) is 9.47 Å². The molecule has 1 saturated heterocycles. The lowest BCUT2D eigenvalue weighted by Crippen LogP contribution is -2.39. The number of benzene rings is 1. The molecule has 1 aromatic carbocycles. The van der Waals surface area contributed by atoms with Crippen LogP contribution in [-0.4, -0.2) is 47.4 Å². The van der Waals surface area contributed by atoms with Crippen molar-refractivity contribution in [1.82, 2.24) is 10.2 Å². The van der Waals surface area contributed by atoms with E-state index in [1.807, 2.05) is 31.7 Å². The average molecular weight is 332 g/mol. The maximum absolute atomic E-state index is 12.1. The highest BCUT2D eigenvalue weighted by atomic mass is 16.6. The van der Waals surface area contributed by atoms with Gasteiger partial charge >= 0.3 is 6.09 Å². The van der Waals surface area contributed by atoms with Crippen LogP contribution in [-0.2, 0) is 4.74 Å². The lowest BCUT2D eigenvalue weighted by Gasteiger charge is -2.26. The van der Waals surface area contributed by atoms with E-state index in [9.17, 15) is 9.90 Å². The van der Waals surface area contributed by atoms with Crippen molar-refractivity contribution in [3.63, 3.8) is 0 Å². The fourth-order valence-corrected chi connectivity index (χ4v) is 3.82. The number of nitrogens with one attached hydrogen (secondary N) is 1. The maximum atomic E-state index is 12.1. The van der Waals surface area contributed by atoms with Crippen molar-refractivity contribution < 1.29 is 19.4 Å². The summed E-state index contributed by atoms with van der Waals surface area (Å²) in [5.41, 5.74) is 0.652. The molecule has 1 saturated carbocycles. The molecule has 2 aliphatic heterocycles. The summed E-state index contributed by atoms with van der Waals surface area (Å²) in [5.74, 6) is 1.98. The molecule has 2 fully saturated rings. The van der Waals surface area contributed by atoms with E-state index >= 15 is 0 Å². The van der Waals surface area contributed by atoms with Gasteiger partial charge in [-0.15, -0.1) is 0 Å². The molecular weight excluding hydrogens is 308 g/mol. The van der Waals surface area contributed by atoms with Gasteiger partial charge in [0.25, 0.3) is 0 Å². The number of amides is 1. The third kappa shape index (κ3) is 2.79. The molecular formula is C18H24N2O4. The van der Waals surface area contributed by atoms with Crippen LogP contribution in [0.1, 0.15) is 32.4 Å². The lowest BCUT2D eigenvalue weighted by molar-refractivity contribution is 0.0268. The SMILES string of the molecule is CC(C)(C)OC(=O)N1CC2C(C1)C2NC1COc2cc(O)ccc21. The zero-order valence-corrected chi connectivity index (χ0v) is 14.3. The van der Waals surface area contributed by atoms with Gasteiger partial charge in [0.05, 0.1) is 6.04 Å². The Morgan fingerprint density at radius 2 is 2.04 bits per heavy atom. The first-order chi connectivity index (χ1) is 11.3. The second-order valence-corrected chi connectivity index (χ2v) is 7.99. The summed E-state index contributed by atoms with van der Waals surface area (Å²) < 4.78 is 11.1. The van der Waals surface area contributed by atoms with Crippen LogP contribution in [0.25, 0.3) is 0 Å². The lowest BCUT2D eigenvalue weighted by atomic mass is 10.1. The molecule has 1 amide bonds. The summed E-state index contributed by atoms with van der Waals surface area (Å²) in [5, 5.41) is 13.2. The Bertz CT molecular complexity index is 657. The summed E-state index contributed by atoms with van der Waals surface area (Å²) in [6.07, 6.45) is -0.210. The van der Waals surface area contributed by atoms with Crippen molar-refractivity contribution in [3.8, 4) is 11.5 Å². The van der Waals surface area contributed by atoms with Crippen LogP contribution in [0.15, 0.2) is 18.2 Å². The fraction of sp³-hybridized carbons (Fsp3) is 0.611. The maximum Gasteiger partial charge on any atom is 0.410 e. The minimum Gasteiger partial charge on any atom is -0.508 e. The van der Waals surface area contributed by atoms with Crippen LogP contribution >= 0.6 is 0 Å². The molecule has 0 aromatic heterocycles. The number of aromatic hydroxyl groups is 1. The normalized spacial score (nSPS) is 30.5. The molecule has 0 bridgehead atoms. The molecule has 2 heterocycles. The minimum absolute atomic E-state index is 0.158. The number of phenols is 1. The van der Waals surface area contributed by atoms with Gasteiger partial charge in [0.1, 0.15) is 23.7 Å². The highest BCUT2D eigenvalue weighted by Crippen LogP contribution is 2.48. The van der Waals surface area contributed by atoms with Crippen molar-refractivity contribution >= 4 is 6.09 Å². The van der Waals surface area contributed by atoms with Gasteiger partial charge < -0.3 is 24.8 Å². The van der Waals surface area contributed by atoms with E-state index in [1.54, 1.807) is 12.1 Å². The quantitative estimate of drug-likeness (QED) is 0.869. The summed E-state index contributed by atoms with van der Waals surface area (Å²) in [6.45, 7) is 7.77. The number of nitrogens with zero attached hydrogens (tertiary/aromatic N) is 1. The van der Waals surface area contributed by atoms with E-state index in [-0.39, 0.29) is 17.9 Å². The number of likely N-dealkylation sites (tertiary alicyclic amines) is 1. The van der Waals surface area contributed by atoms with Crippen LogP contribution in [0.2, 0.25) is 0 Å². The molecule has 2 N–H and O–H groups in total. The van der Waals surface area contributed by atoms with Crippen LogP contribution in [0, 0.1) is 11.8 Å². The number of phenolic OH excluding ortho intramolecular Hbond substituents is 1. The Morgan fingerprint density at radius 1 is 1.33 bits per heavy atom. The van der Waals surface area contributed by atoms with Crippen LogP contribution in [0.3, 0.4) is 0 Å². The monoisotopic (exact) mass is 332 g/mol. The van der Waals surface area contributed by atoms with Crippen molar-refractivity contribution in [2.24, 2.45) is 11.8 Å². The average Bonchev–Trinajstić information content (AvgIpc) is 2.87. The van der Waals surface area contributed by atoms with E-state index < -0.39 is 5.60 Å². The molecule has 1 aliphatic carbocycles. The highest BCUT2D eigenvalue weighted by molar-refractivity contribution is 5.69. The first-order valence-corrected chi connectivity index (χ1v) is 8.51. The van der Waals surface area contributed by atoms with E-state index in [2.05, 4.69) is 5.32 Å². The van der Waals surface area contributed by atoms with Crippen LogP contribution < -0.4 is 10.1 Å². The second kappa shape index (κ2) is 5.28. The largest absolute Gasteiger partial charge is 0.508 e. The first-order valence-electron chi connectivity index (χ1n) is 8.51. The molecule has 130 valence electrons. The van der Waals surface area contributed by atoms with Gasteiger partial charge in [-0.25, -0.2) is 4.79 Å². The van der Waals surface area contributed by atoms with Gasteiger partial charge in [0.2, 0.25) is 0 Å². The van der Waals surface area contributed by atoms with E-state index in [1.165, 1.54) is 0 Å². The molecule has 6 heteroatoms. The standard InChI is InChI=1S/C18H24N2O4/c1-18(2,3)24-17(22)20-7-12-13(8-20)16(12)19-14-9-23-15-6-10(21)4-5-11(14)15/h4-6,12-14,16,19,21H,7-9H2,1-3H3. The Kier molecular flexibility index (Phi) is 3.42. The molecule has 0 spiro atoms. The van der Waals surface area contributed by atoms with E-state index in [0.717, 1.165) is 24.4 Å². The van der Waals surface area contributed by atoms with Crippen molar-refractivity contribution in [3.05, 3.63) is 23.8 Å². The van der Waals surface area contributed by atoms with Gasteiger partial charge in [-0.2, -0.15) is 0 Å². The summed E-state index contributed by atoms with van der Waals surface area (Å²) >= 11 is 0. The number of hydrogen-bond acceptors (Lipinski definition) is 5. The predicted octanol–water partition coefficient (Wildman–Crippen LogP) is 2.28. The Balaban J connectivity index is 1.32. The molecule has 6 nitrogen and oxygen atoms in total. The molecule has 0 radical (unpaired) electrons. The van der Waals surface area contributed by atoms with Crippen molar-refractivity contribution in [2.75, 3.05) is 19.7 Å². The Labute approximate surface area is 141 Å². The Morgan fingerprint density at radius 3 is 2.71 bits per heavy atom. The Hall–Kier alpha value is -1.95. The fourth-order valence-electron chi connectivity index (χ4n) is 3.82. The summed E-state index contributed by atoms with van der Waals surface area (Å²) in [4.78, 5) is 13.9. The number of carbonyl (C=O) groups is 1. The molecule has 4 rings (SSSR count). The topological polar surface area (TPSA) is 71.0 Å². The third-order valence-corrected chi connectivity index (χ3v) is 5.02. The zero-order chi connectivity index (χ0) is 17.1. The molecule has 3 atom stereocenters. The van der Waals surface area contributed by atoms with Gasteiger partial charge in [-0.1, -0.05) is 0 Å². The second-order valence-electron chi connectivity index (χ2n) is 7.99. The molecule has 24 heavy (non-hydrogen) atoms. The number of rotatable bonds is 2. The number of carbonyl (C=O) groups excluding carboxylic acids is 1. The van der Waals surface area contributed by atoms with Gasteiger partial charge in [-0.3, -0.25) is 0 Å². The van der Waals surface area contributed by atoms with E-state index in [0.29, 0.717) is 24.5 Å². The zero-order valence-electron chi connectivity index (χ0n) is 14.3. The predicted molar refractivity (Wildman–Crippen MR) is 88.1 cm³/mol. The van der Waals surface area contributed by atoms with Crippen molar-refractivity contribution in [1.29, 1.82) is 0 Å². The third-order valence-electron chi connectivity index (χ3n) is 5.02. The van der Waals surface area contributed by atoms with Gasteiger partial charge in [0, 0.05) is 30.8 Å². The van der Waals surface area contributed by atoms with Crippen LogP contribution in [0.4, 0.5) is 4.79 Å². The molecule has 3 aliphatic rings. The number of ether oxygens (including phenoxy) is 2. The minimum atomic E-state index is -0.446. The molecule has 1 aromatic rings. The van der Waals surface area contributed by atoms with Crippen molar-refractivity contribution in [2.45, 2.75) is 38.5 Å². The first kappa shape index (κ1) is 15.6. The van der Waals surface area contributed by atoms with Gasteiger partial charge in [0.15, 0.2) is 0 Å². The highest BCUT2D eigenvalue weighted by Gasteiger charge is 2.57. The number of fused-ring (bicyclic) bond motifs is 2. The summed E-state index contributed by atoms with van der Waals surface area (Å²) in [7, 11) is 0. The number of piperidine rings is 1. The smallest absolute Gasteiger partial charge is 0.410 e. The number of hydrogen-bond donors (Lipinski definition) is 2. The summed E-state index contributed by atoms with van der Waals surface area (Å²) in [6, 6.07) is 5.86. The molecule has 3 unspecified atom stereocenters. The van der Waals surface area contributed by atoms with Crippen LogP contribution in [0.5, 0.6) is 11.5 Å². The van der Waals surface area contributed by atoms with Gasteiger partial charge in [-0.05, 0) is 44.7 Å².